The van der Waals surface area contributed by atoms with Gasteiger partial charge in [-0.3, -0.25) is 0 Å². The van der Waals surface area contributed by atoms with E-state index in [2.05, 4.69) is 35.1 Å². The molecule has 0 bridgehead atoms. The van der Waals surface area contributed by atoms with Crippen LogP contribution in [-0.2, 0) is 0 Å². The highest BCUT2D eigenvalue weighted by Gasteiger charge is 2.16. The van der Waals surface area contributed by atoms with Gasteiger partial charge in [-0.2, -0.15) is 0 Å². The zero-order chi connectivity index (χ0) is 13.0. The summed E-state index contributed by atoms with van der Waals surface area (Å²) in [6.45, 7) is 4.98. The summed E-state index contributed by atoms with van der Waals surface area (Å²) in [5.74, 6) is 1.01. The minimum Gasteiger partial charge on any atom is -0.487 e. The number of rotatable bonds is 5. The molecule has 1 unspecified atom stereocenters. The third-order valence-electron chi connectivity index (χ3n) is 2.40. The van der Waals surface area contributed by atoms with Crippen LogP contribution in [0.1, 0.15) is 13.8 Å². The molecule has 0 aliphatic rings. The molecule has 0 spiro atoms. The predicted octanol–water partition coefficient (Wildman–Crippen LogP) is 4.38. The smallest absolute Gasteiger partial charge is 0.139 e. The first-order valence-corrected chi connectivity index (χ1v) is 6.96. The van der Waals surface area contributed by atoms with Gasteiger partial charge in [-0.15, -0.1) is 0 Å². The molecule has 0 aliphatic heterocycles. The molecule has 5 heteroatoms. The zero-order valence-electron chi connectivity index (χ0n) is 10.1. The summed E-state index contributed by atoms with van der Waals surface area (Å²) in [6, 6.07) is 3.48. The van der Waals surface area contributed by atoms with Crippen molar-refractivity contribution in [1.29, 1.82) is 0 Å². The SMILES string of the molecule is CNCC(Oc1cc(Cl)c(Br)cc1Cl)C(C)C. The van der Waals surface area contributed by atoms with Crippen molar-refractivity contribution in [2.75, 3.05) is 13.6 Å². The van der Waals surface area contributed by atoms with E-state index in [1.807, 2.05) is 7.05 Å². The summed E-state index contributed by atoms with van der Waals surface area (Å²) < 4.78 is 6.65. The number of ether oxygens (including phenoxy) is 1. The molecule has 2 nitrogen and oxygen atoms in total. The molecule has 0 saturated heterocycles. The van der Waals surface area contributed by atoms with Crippen LogP contribution in [0.2, 0.25) is 10.0 Å². The molecule has 0 saturated carbocycles. The lowest BCUT2D eigenvalue weighted by Gasteiger charge is -2.23. The number of hydrogen-bond donors (Lipinski definition) is 1. The molecule has 1 rings (SSSR count). The molecule has 0 radical (unpaired) electrons. The van der Waals surface area contributed by atoms with Crippen LogP contribution in [-0.4, -0.2) is 19.7 Å². The van der Waals surface area contributed by atoms with Crippen molar-refractivity contribution in [2.45, 2.75) is 20.0 Å². The Balaban J connectivity index is 2.89. The Hall–Kier alpha value is 0.0400. The van der Waals surface area contributed by atoms with Gasteiger partial charge in [0.05, 0.1) is 10.0 Å². The predicted molar refractivity (Wildman–Crippen MR) is 77.3 cm³/mol. The number of nitrogens with one attached hydrogen (secondary N) is 1. The van der Waals surface area contributed by atoms with Crippen molar-refractivity contribution in [2.24, 2.45) is 5.92 Å². The molecular weight excluding hydrogens is 325 g/mol. The molecule has 1 N–H and O–H groups in total. The fraction of sp³-hybridized carbons (Fsp3) is 0.500. The lowest BCUT2D eigenvalue weighted by molar-refractivity contribution is 0.151. The van der Waals surface area contributed by atoms with Gasteiger partial charge in [-0.05, 0) is 35.0 Å². The number of benzene rings is 1. The Morgan fingerprint density at radius 2 is 1.94 bits per heavy atom. The second-order valence-electron chi connectivity index (χ2n) is 4.15. The van der Waals surface area contributed by atoms with Gasteiger partial charge in [0.15, 0.2) is 0 Å². The van der Waals surface area contributed by atoms with E-state index >= 15 is 0 Å². The monoisotopic (exact) mass is 339 g/mol. The third kappa shape index (κ3) is 4.32. The van der Waals surface area contributed by atoms with E-state index in [0.717, 1.165) is 11.0 Å². The van der Waals surface area contributed by atoms with Crippen LogP contribution < -0.4 is 10.1 Å². The summed E-state index contributed by atoms with van der Waals surface area (Å²) in [5, 5.41) is 4.26. The fourth-order valence-corrected chi connectivity index (χ4v) is 2.21. The van der Waals surface area contributed by atoms with Gasteiger partial charge >= 0.3 is 0 Å². The van der Waals surface area contributed by atoms with Crippen molar-refractivity contribution < 1.29 is 4.74 Å². The first-order valence-electron chi connectivity index (χ1n) is 5.41. The maximum atomic E-state index is 6.12. The van der Waals surface area contributed by atoms with Crippen molar-refractivity contribution in [3.05, 3.63) is 26.7 Å². The lowest BCUT2D eigenvalue weighted by atomic mass is 10.1. The van der Waals surface area contributed by atoms with E-state index < -0.39 is 0 Å². The Bertz CT molecular complexity index is 385. The summed E-state index contributed by atoms with van der Waals surface area (Å²) in [5.41, 5.74) is 0. The summed E-state index contributed by atoms with van der Waals surface area (Å²) >= 11 is 15.5. The second kappa shape index (κ2) is 6.83. The third-order valence-corrected chi connectivity index (χ3v) is 3.89. The maximum absolute atomic E-state index is 6.12. The Morgan fingerprint density at radius 3 is 2.47 bits per heavy atom. The zero-order valence-corrected chi connectivity index (χ0v) is 13.2. The summed E-state index contributed by atoms with van der Waals surface area (Å²) in [6.07, 6.45) is 0.0646. The van der Waals surface area contributed by atoms with Crippen molar-refractivity contribution in [3.63, 3.8) is 0 Å². The van der Waals surface area contributed by atoms with E-state index in [-0.39, 0.29) is 6.10 Å². The van der Waals surface area contributed by atoms with Crippen molar-refractivity contribution >= 4 is 39.1 Å². The largest absolute Gasteiger partial charge is 0.487 e. The van der Waals surface area contributed by atoms with E-state index in [4.69, 9.17) is 27.9 Å². The van der Waals surface area contributed by atoms with Gasteiger partial charge in [-0.1, -0.05) is 37.0 Å². The molecule has 1 atom stereocenters. The first kappa shape index (κ1) is 15.1. The molecule has 1 aromatic carbocycles. The minimum absolute atomic E-state index is 0.0646. The molecule has 0 aliphatic carbocycles. The van der Waals surface area contributed by atoms with Gasteiger partial charge in [0.25, 0.3) is 0 Å². The molecule has 0 amide bonds. The average Bonchev–Trinajstić information content (AvgIpc) is 2.24. The topological polar surface area (TPSA) is 21.3 Å². The number of hydrogen-bond acceptors (Lipinski definition) is 2. The fourth-order valence-electron chi connectivity index (χ4n) is 1.37. The van der Waals surface area contributed by atoms with E-state index in [9.17, 15) is 0 Å². The van der Waals surface area contributed by atoms with Gasteiger partial charge < -0.3 is 10.1 Å². The number of likely N-dealkylation sites (N-methyl/N-ethyl adjacent to an activating group) is 1. The minimum atomic E-state index is 0.0646. The highest BCUT2D eigenvalue weighted by atomic mass is 79.9. The van der Waals surface area contributed by atoms with Crippen LogP contribution in [0.3, 0.4) is 0 Å². The van der Waals surface area contributed by atoms with Crippen LogP contribution in [0.15, 0.2) is 16.6 Å². The second-order valence-corrected chi connectivity index (χ2v) is 5.82. The average molecular weight is 341 g/mol. The van der Waals surface area contributed by atoms with Gasteiger partial charge in [0.2, 0.25) is 0 Å². The van der Waals surface area contributed by atoms with Crippen LogP contribution in [0.4, 0.5) is 0 Å². The molecule has 0 heterocycles. The van der Waals surface area contributed by atoms with Gasteiger partial charge in [0.1, 0.15) is 11.9 Å². The van der Waals surface area contributed by atoms with Crippen LogP contribution in [0.5, 0.6) is 5.75 Å². The Morgan fingerprint density at radius 1 is 1.29 bits per heavy atom. The first-order chi connectivity index (χ1) is 7.95. The molecule has 0 aromatic heterocycles. The molecule has 0 fully saturated rings. The summed E-state index contributed by atoms with van der Waals surface area (Å²) in [4.78, 5) is 0. The van der Waals surface area contributed by atoms with Crippen LogP contribution >= 0.6 is 39.1 Å². The van der Waals surface area contributed by atoms with Crippen LogP contribution in [0, 0.1) is 5.92 Å². The van der Waals surface area contributed by atoms with E-state index in [0.29, 0.717) is 21.7 Å². The quantitative estimate of drug-likeness (QED) is 0.803. The van der Waals surface area contributed by atoms with E-state index in [1.165, 1.54) is 0 Å². The van der Waals surface area contributed by atoms with Gasteiger partial charge in [-0.25, -0.2) is 0 Å². The maximum Gasteiger partial charge on any atom is 0.139 e. The Kier molecular flexibility index (Phi) is 6.07. The number of halogens is 3. The molecular formula is C12H16BrCl2NO. The standard InChI is InChI=1S/C12H16BrCl2NO/c1-7(2)12(6-16-3)17-11-5-9(14)8(13)4-10(11)15/h4-5,7,12,16H,6H2,1-3H3. The lowest BCUT2D eigenvalue weighted by Crippen LogP contribution is -2.33. The molecule has 1 aromatic rings. The highest BCUT2D eigenvalue weighted by Crippen LogP contribution is 2.35. The van der Waals surface area contributed by atoms with Crippen molar-refractivity contribution in [1.82, 2.24) is 5.32 Å². The normalized spacial score (nSPS) is 12.9. The molecule has 17 heavy (non-hydrogen) atoms. The van der Waals surface area contributed by atoms with Gasteiger partial charge in [0, 0.05) is 17.1 Å². The summed E-state index contributed by atoms with van der Waals surface area (Å²) in [7, 11) is 1.90. The Labute approximate surface area is 121 Å². The highest BCUT2D eigenvalue weighted by molar-refractivity contribution is 9.10. The molecule has 96 valence electrons. The van der Waals surface area contributed by atoms with Crippen LogP contribution in [0.25, 0.3) is 0 Å². The van der Waals surface area contributed by atoms with Crippen molar-refractivity contribution in [3.8, 4) is 5.75 Å². The van der Waals surface area contributed by atoms with E-state index in [1.54, 1.807) is 12.1 Å².